The molecule has 1 unspecified atom stereocenters. The first-order chi connectivity index (χ1) is 8.65. The molecule has 0 saturated carbocycles. The van der Waals surface area contributed by atoms with E-state index < -0.39 is 0 Å². The smallest absolute Gasteiger partial charge is 0.0611 e. The lowest BCUT2D eigenvalue weighted by Crippen LogP contribution is -2.30. The molecule has 0 aliphatic heterocycles. The van der Waals surface area contributed by atoms with E-state index in [0.29, 0.717) is 0 Å². The summed E-state index contributed by atoms with van der Waals surface area (Å²) < 4.78 is 2.04. The van der Waals surface area contributed by atoms with Gasteiger partial charge in [-0.1, -0.05) is 0 Å². The summed E-state index contributed by atoms with van der Waals surface area (Å²) in [6.45, 7) is 7.15. The Kier molecular flexibility index (Phi) is 4.16. The Labute approximate surface area is 112 Å². The molecule has 2 aromatic rings. The van der Waals surface area contributed by atoms with E-state index in [-0.39, 0.29) is 6.04 Å². The van der Waals surface area contributed by atoms with Gasteiger partial charge in [-0.15, -0.1) is 11.3 Å². The molecule has 0 aliphatic rings. The highest BCUT2D eigenvalue weighted by atomic mass is 32.1. The molecular weight excluding hydrogens is 244 g/mol. The minimum Gasteiger partial charge on any atom is -0.271 e. The van der Waals surface area contributed by atoms with Gasteiger partial charge in [-0.3, -0.25) is 16.0 Å². The van der Waals surface area contributed by atoms with Gasteiger partial charge in [0.05, 0.1) is 11.7 Å². The van der Waals surface area contributed by atoms with Crippen molar-refractivity contribution in [2.75, 3.05) is 0 Å². The summed E-state index contributed by atoms with van der Waals surface area (Å²) in [4.78, 5) is 1.30. The van der Waals surface area contributed by atoms with Crippen molar-refractivity contribution in [1.82, 2.24) is 15.2 Å². The number of hydrazine groups is 1. The van der Waals surface area contributed by atoms with Crippen LogP contribution >= 0.6 is 11.3 Å². The number of aryl methyl sites for hydroxylation is 3. The van der Waals surface area contributed by atoms with Gasteiger partial charge < -0.3 is 0 Å². The average Bonchev–Trinajstić information content (AvgIpc) is 2.92. The van der Waals surface area contributed by atoms with Gasteiger partial charge in [0.1, 0.15) is 0 Å². The highest BCUT2D eigenvalue weighted by molar-refractivity contribution is 7.10. The molecule has 18 heavy (non-hydrogen) atoms. The lowest BCUT2D eigenvalue weighted by molar-refractivity contribution is 0.521. The van der Waals surface area contributed by atoms with Crippen LogP contribution in [0.4, 0.5) is 0 Å². The average molecular weight is 264 g/mol. The molecule has 2 heterocycles. The van der Waals surface area contributed by atoms with Crippen LogP contribution in [0.15, 0.2) is 17.5 Å². The van der Waals surface area contributed by atoms with E-state index in [1.807, 2.05) is 11.6 Å². The van der Waals surface area contributed by atoms with Crippen molar-refractivity contribution >= 4 is 11.3 Å². The molecule has 2 aromatic heterocycles. The summed E-state index contributed by atoms with van der Waals surface area (Å²) in [6.07, 6.45) is 0.868. The lowest BCUT2D eigenvalue weighted by Gasteiger charge is -2.16. The zero-order chi connectivity index (χ0) is 13.1. The second kappa shape index (κ2) is 5.65. The van der Waals surface area contributed by atoms with E-state index in [1.165, 1.54) is 16.1 Å². The third-order valence-corrected chi connectivity index (χ3v) is 4.25. The Hall–Kier alpha value is -1.17. The standard InChI is InChI=1S/C13H20N4S/c1-4-17-11(7-10(3)16-17)8-12(15-14)13-9(2)5-6-18-13/h5-7,12,15H,4,8,14H2,1-3H3. The first-order valence-electron chi connectivity index (χ1n) is 6.19. The SMILES string of the molecule is CCn1nc(C)cc1CC(NN)c1sccc1C. The van der Waals surface area contributed by atoms with Crippen LogP contribution in [-0.4, -0.2) is 9.78 Å². The van der Waals surface area contributed by atoms with Crippen LogP contribution < -0.4 is 11.3 Å². The number of nitrogens with one attached hydrogen (secondary N) is 1. The van der Waals surface area contributed by atoms with Gasteiger partial charge >= 0.3 is 0 Å². The van der Waals surface area contributed by atoms with Crippen LogP contribution in [0.1, 0.15) is 34.8 Å². The molecule has 98 valence electrons. The maximum absolute atomic E-state index is 5.71. The summed E-state index contributed by atoms with van der Waals surface area (Å²) in [6, 6.07) is 4.43. The van der Waals surface area contributed by atoms with Crippen molar-refractivity contribution in [3.8, 4) is 0 Å². The van der Waals surface area contributed by atoms with Gasteiger partial charge in [0, 0.05) is 23.5 Å². The number of nitrogens with two attached hydrogens (primary N) is 1. The molecule has 0 spiro atoms. The molecule has 1 atom stereocenters. The molecule has 0 fully saturated rings. The Morgan fingerprint density at radius 2 is 2.28 bits per heavy atom. The molecule has 0 bridgehead atoms. The monoisotopic (exact) mass is 264 g/mol. The fourth-order valence-electron chi connectivity index (χ4n) is 2.22. The van der Waals surface area contributed by atoms with Crippen molar-refractivity contribution < 1.29 is 0 Å². The Balaban J connectivity index is 2.23. The lowest BCUT2D eigenvalue weighted by atomic mass is 10.1. The largest absolute Gasteiger partial charge is 0.271 e. The van der Waals surface area contributed by atoms with Crippen LogP contribution in [0.2, 0.25) is 0 Å². The number of hydrogen-bond acceptors (Lipinski definition) is 4. The van der Waals surface area contributed by atoms with Crippen molar-refractivity contribution in [3.63, 3.8) is 0 Å². The van der Waals surface area contributed by atoms with E-state index in [2.05, 4.69) is 41.9 Å². The summed E-state index contributed by atoms with van der Waals surface area (Å²) >= 11 is 1.75. The minimum atomic E-state index is 0.159. The summed E-state index contributed by atoms with van der Waals surface area (Å²) in [5, 5.41) is 6.58. The minimum absolute atomic E-state index is 0.159. The normalized spacial score (nSPS) is 12.9. The molecule has 5 heteroatoms. The molecule has 0 aromatic carbocycles. The van der Waals surface area contributed by atoms with Crippen molar-refractivity contribution in [2.45, 2.75) is 39.8 Å². The quantitative estimate of drug-likeness (QED) is 0.644. The number of rotatable bonds is 5. The van der Waals surface area contributed by atoms with Crippen molar-refractivity contribution in [3.05, 3.63) is 39.3 Å². The summed E-state index contributed by atoms with van der Waals surface area (Å²) in [5.74, 6) is 5.71. The molecule has 0 aliphatic carbocycles. The van der Waals surface area contributed by atoms with Crippen LogP contribution in [0.3, 0.4) is 0 Å². The summed E-state index contributed by atoms with van der Waals surface area (Å²) in [5.41, 5.74) is 6.51. The maximum Gasteiger partial charge on any atom is 0.0611 e. The Morgan fingerprint density at radius 3 is 2.83 bits per heavy atom. The molecular formula is C13H20N4S. The van der Waals surface area contributed by atoms with Crippen LogP contribution in [-0.2, 0) is 13.0 Å². The van der Waals surface area contributed by atoms with Gasteiger partial charge in [-0.05, 0) is 43.8 Å². The number of thiophene rings is 1. The second-order valence-electron chi connectivity index (χ2n) is 4.48. The highest BCUT2D eigenvalue weighted by Gasteiger charge is 2.16. The Morgan fingerprint density at radius 1 is 1.50 bits per heavy atom. The van der Waals surface area contributed by atoms with Gasteiger partial charge in [0.15, 0.2) is 0 Å². The van der Waals surface area contributed by atoms with E-state index in [9.17, 15) is 0 Å². The number of hydrogen-bond donors (Lipinski definition) is 2. The second-order valence-corrected chi connectivity index (χ2v) is 5.43. The molecule has 0 radical (unpaired) electrons. The van der Waals surface area contributed by atoms with E-state index in [0.717, 1.165) is 18.7 Å². The van der Waals surface area contributed by atoms with Gasteiger partial charge in [0.2, 0.25) is 0 Å². The fraction of sp³-hybridized carbons (Fsp3) is 0.462. The fourth-order valence-corrected chi connectivity index (χ4v) is 3.20. The van der Waals surface area contributed by atoms with Crippen LogP contribution in [0, 0.1) is 13.8 Å². The van der Waals surface area contributed by atoms with Gasteiger partial charge in [-0.2, -0.15) is 5.10 Å². The van der Waals surface area contributed by atoms with Crippen molar-refractivity contribution in [2.24, 2.45) is 5.84 Å². The van der Waals surface area contributed by atoms with Crippen LogP contribution in [0.25, 0.3) is 0 Å². The zero-order valence-corrected chi connectivity index (χ0v) is 11.9. The predicted molar refractivity (Wildman–Crippen MR) is 75.5 cm³/mol. The third-order valence-electron chi connectivity index (χ3n) is 3.12. The van der Waals surface area contributed by atoms with E-state index in [4.69, 9.17) is 5.84 Å². The maximum atomic E-state index is 5.71. The molecule has 3 N–H and O–H groups in total. The van der Waals surface area contributed by atoms with Gasteiger partial charge in [-0.25, -0.2) is 0 Å². The molecule has 2 rings (SSSR count). The van der Waals surface area contributed by atoms with Crippen molar-refractivity contribution in [1.29, 1.82) is 0 Å². The molecule has 0 saturated heterocycles. The molecule has 0 amide bonds. The summed E-state index contributed by atoms with van der Waals surface area (Å²) in [7, 11) is 0. The first kappa shape index (κ1) is 13.3. The Bertz CT molecular complexity index is 515. The zero-order valence-electron chi connectivity index (χ0n) is 11.1. The third kappa shape index (κ3) is 2.63. The van der Waals surface area contributed by atoms with Crippen LogP contribution in [0.5, 0.6) is 0 Å². The highest BCUT2D eigenvalue weighted by Crippen LogP contribution is 2.26. The topological polar surface area (TPSA) is 55.9 Å². The van der Waals surface area contributed by atoms with E-state index >= 15 is 0 Å². The van der Waals surface area contributed by atoms with Gasteiger partial charge in [0.25, 0.3) is 0 Å². The van der Waals surface area contributed by atoms with E-state index in [1.54, 1.807) is 11.3 Å². The predicted octanol–water partition coefficient (Wildman–Crippen LogP) is 2.33. The first-order valence-corrected chi connectivity index (χ1v) is 7.07. The number of nitrogens with zero attached hydrogens (tertiary/aromatic N) is 2. The molecule has 4 nitrogen and oxygen atoms in total. The number of aromatic nitrogens is 2.